The van der Waals surface area contributed by atoms with Gasteiger partial charge in [0.1, 0.15) is 19.2 Å². The largest absolute Gasteiger partial charge is 0.332 e. The lowest BCUT2D eigenvalue weighted by atomic mass is 10.7. The number of nitrogens with zero attached hydrogens (tertiary/aromatic N) is 2. The minimum atomic E-state index is -0.820. The summed E-state index contributed by atoms with van der Waals surface area (Å²) in [5, 5.41) is 3.45. The van der Waals surface area contributed by atoms with Crippen molar-refractivity contribution in [3.05, 3.63) is 27.0 Å². The van der Waals surface area contributed by atoms with E-state index in [0.29, 0.717) is 6.29 Å². The Bertz CT molecular complexity index is 364. The van der Waals surface area contributed by atoms with Crippen LogP contribution in [0.15, 0.2) is 15.9 Å². The van der Waals surface area contributed by atoms with E-state index in [1.807, 2.05) is 0 Å². The molecule has 0 fully saturated rings. The van der Waals surface area contributed by atoms with Gasteiger partial charge in [0, 0.05) is 0 Å². The molecule has 58 valence electrons. The molecule has 0 aliphatic rings. The molecule has 0 atom stereocenters. The van der Waals surface area contributed by atoms with Crippen LogP contribution >= 0.6 is 0 Å². The van der Waals surface area contributed by atoms with Crippen LogP contribution in [0.1, 0.15) is 0 Å². The third kappa shape index (κ3) is 1.40. The molecule has 1 heterocycles. The first-order valence-corrected chi connectivity index (χ1v) is 2.84. The molecule has 0 aliphatic carbocycles. The van der Waals surface area contributed by atoms with Gasteiger partial charge in [-0.2, -0.15) is 5.10 Å². The van der Waals surface area contributed by atoms with Crippen LogP contribution in [0.3, 0.4) is 0 Å². The predicted octanol–water partition coefficient (Wildman–Crippen LogP) is -1.87. The van der Waals surface area contributed by atoms with E-state index >= 15 is 0 Å². The number of nitrogens with one attached hydrogen (secondary N) is 1. The fraction of sp³-hybridized carbons (Fsp3) is 0.200. The van der Waals surface area contributed by atoms with Gasteiger partial charge < -0.3 is 9.78 Å². The highest BCUT2D eigenvalue weighted by atomic mass is 16.2. The van der Waals surface area contributed by atoms with Crippen molar-refractivity contribution in [3.8, 4) is 0 Å². The second-order valence-electron chi connectivity index (χ2n) is 1.77. The van der Waals surface area contributed by atoms with E-state index in [2.05, 4.69) is 10.1 Å². The summed E-state index contributed by atoms with van der Waals surface area (Å²) < 4.78 is 0.784. The van der Waals surface area contributed by atoms with Gasteiger partial charge in [-0.1, -0.05) is 0 Å². The molecule has 1 N–H and O–H groups in total. The SMILES string of the molecule is O=CCn1nc[nH]c(=O)c1=O. The summed E-state index contributed by atoms with van der Waals surface area (Å²) in [6, 6.07) is 0. The summed E-state index contributed by atoms with van der Waals surface area (Å²) in [6.07, 6.45) is 1.56. The van der Waals surface area contributed by atoms with Crippen LogP contribution in [-0.4, -0.2) is 21.1 Å². The maximum Gasteiger partial charge on any atom is 0.332 e. The molecule has 0 radical (unpaired) electrons. The maximum absolute atomic E-state index is 10.8. The minimum Gasteiger partial charge on any atom is -0.307 e. The zero-order chi connectivity index (χ0) is 8.27. The fourth-order valence-electron chi connectivity index (χ4n) is 0.589. The summed E-state index contributed by atoms with van der Waals surface area (Å²) in [7, 11) is 0. The predicted molar refractivity (Wildman–Crippen MR) is 35.2 cm³/mol. The first-order chi connectivity index (χ1) is 5.25. The molecule has 6 heteroatoms. The molecule has 6 nitrogen and oxygen atoms in total. The van der Waals surface area contributed by atoms with Gasteiger partial charge in [0.25, 0.3) is 0 Å². The third-order valence-corrected chi connectivity index (χ3v) is 1.07. The van der Waals surface area contributed by atoms with Crippen molar-refractivity contribution in [1.82, 2.24) is 14.8 Å². The van der Waals surface area contributed by atoms with Crippen LogP contribution in [0, 0.1) is 0 Å². The van der Waals surface area contributed by atoms with Gasteiger partial charge in [0.15, 0.2) is 0 Å². The summed E-state index contributed by atoms with van der Waals surface area (Å²) >= 11 is 0. The number of hydrogen-bond donors (Lipinski definition) is 1. The number of carbonyl (C=O) groups is 1. The van der Waals surface area contributed by atoms with Crippen LogP contribution in [0.2, 0.25) is 0 Å². The smallest absolute Gasteiger partial charge is 0.307 e. The lowest BCUT2D eigenvalue weighted by molar-refractivity contribution is -0.108. The first-order valence-electron chi connectivity index (χ1n) is 2.84. The highest BCUT2D eigenvalue weighted by Gasteiger charge is 1.97. The highest BCUT2D eigenvalue weighted by Crippen LogP contribution is 1.62. The van der Waals surface area contributed by atoms with Gasteiger partial charge >= 0.3 is 11.1 Å². The van der Waals surface area contributed by atoms with E-state index in [1.165, 1.54) is 0 Å². The van der Waals surface area contributed by atoms with Crippen LogP contribution < -0.4 is 11.1 Å². The summed E-state index contributed by atoms with van der Waals surface area (Å²) in [6.45, 7) is -0.192. The third-order valence-electron chi connectivity index (χ3n) is 1.07. The van der Waals surface area contributed by atoms with Crippen LogP contribution in [-0.2, 0) is 11.3 Å². The average Bonchev–Trinajstić information content (AvgIpc) is 1.99. The standard InChI is InChI=1S/C5H5N3O3/c9-2-1-8-5(11)4(10)6-3-7-8/h2-3H,1H2,(H,6,7,10). The Labute approximate surface area is 60.5 Å². The van der Waals surface area contributed by atoms with Crippen molar-refractivity contribution in [3.63, 3.8) is 0 Å². The molecule has 1 aromatic heterocycles. The number of rotatable bonds is 2. The molecule has 0 saturated carbocycles. The number of carbonyl (C=O) groups excluding carboxylic acids is 1. The van der Waals surface area contributed by atoms with Crippen molar-refractivity contribution in [2.24, 2.45) is 0 Å². The molecule has 0 aromatic carbocycles. The Morgan fingerprint density at radius 2 is 2.36 bits per heavy atom. The Morgan fingerprint density at radius 1 is 1.64 bits per heavy atom. The quantitative estimate of drug-likeness (QED) is 0.400. The van der Waals surface area contributed by atoms with Crippen LogP contribution in [0.25, 0.3) is 0 Å². The Hall–Kier alpha value is -1.72. The Kier molecular flexibility index (Phi) is 1.95. The molecular formula is C5H5N3O3. The second kappa shape index (κ2) is 2.91. The number of aromatic nitrogens is 3. The minimum absolute atomic E-state index is 0.192. The van der Waals surface area contributed by atoms with E-state index in [4.69, 9.17) is 0 Å². The van der Waals surface area contributed by atoms with Crippen LogP contribution in [0.5, 0.6) is 0 Å². The molecule has 0 saturated heterocycles. The summed E-state index contributed by atoms with van der Waals surface area (Å²) in [5.41, 5.74) is -1.60. The van der Waals surface area contributed by atoms with E-state index in [0.717, 1.165) is 11.0 Å². The molecule has 0 spiro atoms. The van der Waals surface area contributed by atoms with Crippen molar-refractivity contribution in [2.45, 2.75) is 6.54 Å². The second-order valence-corrected chi connectivity index (χ2v) is 1.77. The van der Waals surface area contributed by atoms with Gasteiger partial charge in [-0.15, -0.1) is 0 Å². The topological polar surface area (TPSA) is 84.8 Å². The van der Waals surface area contributed by atoms with Crippen LogP contribution in [0.4, 0.5) is 0 Å². The first kappa shape index (κ1) is 7.39. The summed E-state index contributed by atoms with van der Waals surface area (Å²) in [4.78, 5) is 33.3. The van der Waals surface area contributed by atoms with E-state index in [1.54, 1.807) is 0 Å². The van der Waals surface area contributed by atoms with Gasteiger partial charge in [0.2, 0.25) is 0 Å². The zero-order valence-electron chi connectivity index (χ0n) is 5.48. The molecule has 0 bridgehead atoms. The monoisotopic (exact) mass is 155 g/mol. The molecule has 1 aromatic rings. The molecule has 0 amide bonds. The maximum atomic E-state index is 10.8. The number of aldehydes is 1. The lowest BCUT2D eigenvalue weighted by Gasteiger charge is -1.93. The number of H-pyrrole nitrogens is 1. The molecule has 11 heavy (non-hydrogen) atoms. The molecular weight excluding hydrogens is 150 g/mol. The Balaban J connectivity index is 3.28. The van der Waals surface area contributed by atoms with Gasteiger partial charge in [-0.05, 0) is 0 Å². The van der Waals surface area contributed by atoms with E-state index in [9.17, 15) is 14.4 Å². The lowest BCUT2D eigenvalue weighted by Crippen LogP contribution is -2.37. The van der Waals surface area contributed by atoms with Crippen molar-refractivity contribution in [1.29, 1.82) is 0 Å². The molecule has 0 aliphatic heterocycles. The van der Waals surface area contributed by atoms with E-state index in [-0.39, 0.29) is 6.54 Å². The number of aromatic amines is 1. The van der Waals surface area contributed by atoms with Crippen molar-refractivity contribution < 1.29 is 4.79 Å². The molecule has 1 rings (SSSR count). The molecule has 0 unspecified atom stereocenters. The Morgan fingerprint density at radius 3 is 3.00 bits per heavy atom. The fourth-order valence-corrected chi connectivity index (χ4v) is 0.589. The summed E-state index contributed by atoms with van der Waals surface area (Å²) in [5.74, 6) is 0. The van der Waals surface area contributed by atoms with Gasteiger partial charge in [-0.3, -0.25) is 9.59 Å². The van der Waals surface area contributed by atoms with Crippen molar-refractivity contribution in [2.75, 3.05) is 0 Å². The highest BCUT2D eigenvalue weighted by molar-refractivity contribution is 5.48. The zero-order valence-corrected chi connectivity index (χ0v) is 5.48. The normalized spacial score (nSPS) is 9.45. The van der Waals surface area contributed by atoms with Gasteiger partial charge in [0.05, 0.1) is 0 Å². The number of hydrogen-bond acceptors (Lipinski definition) is 4. The van der Waals surface area contributed by atoms with E-state index < -0.39 is 11.1 Å². The average molecular weight is 155 g/mol. The van der Waals surface area contributed by atoms with Gasteiger partial charge in [-0.25, -0.2) is 4.68 Å². The van der Waals surface area contributed by atoms with Crippen molar-refractivity contribution >= 4 is 6.29 Å².